The molecule has 16 heavy (non-hydrogen) atoms. The van der Waals surface area contributed by atoms with Gasteiger partial charge in [0, 0.05) is 21.9 Å². The van der Waals surface area contributed by atoms with Crippen molar-refractivity contribution in [3.05, 3.63) is 34.4 Å². The molecule has 0 saturated carbocycles. The zero-order chi connectivity index (χ0) is 11.5. The largest absolute Gasteiger partial charge is 0.395 e. The minimum Gasteiger partial charge on any atom is -0.395 e. The molecule has 2 aromatic rings. The Hall–Kier alpha value is -1.33. The number of halogens is 1. The number of carbonyl (C=O) groups is 1. The van der Waals surface area contributed by atoms with Crippen LogP contribution in [0.1, 0.15) is 10.5 Å². The standard InChI is InChI=1S/C11H11BrN2O2/c12-8-2-1-7-5-10(14-9(7)6-8)11(16)13-3-4-15/h1-2,5-6,14-15H,3-4H2,(H,13,16). The van der Waals surface area contributed by atoms with Crippen molar-refractivity contribution in [3.63, 3.8) is 0 Å². The first-order valence-corrected chi connectivity index (χ1v) is 5.67. The Morgan fingerprint density at radius 3 is 3.00 bits per heavy atom. The molecule has 0 saturated heterocycles. The lowest BCUT2D eigenvalue weighted by Gasteiger charge is -1.99. The number of hydrogen-bond donors (Lipinski definition) is 3. The van der Waals surface area contributed by atoms with E-state index in [0.29, 0.717) is 5.69 Å². The molecule has 0 aliphatic rings. The molecule has 3 N–H and O–H groups in total. The summed E-state index contributed by atoms with van der Waals surface area (Å²) in [4.78, 5) is 14.6. The van der Waals surface area contributed by atoms with E-state index in [1.165, 1.54) is 0 Å². The number of hydrogen-bond acceptors (Lipinski definition) is 2. The average Bonchev–Trinajstić information content (AvgIpc) is 2.68. The van der Waals surface area contributed by atoms with Gasteiger partial charge in [0.15, 0.2) is 0 Å². The molecule has 1 amide bonds. The number of aromatic nitrogens is 1. The molecule has 0 bridgehead atoms. The van der Waals surface area contributed by atoms with Crippen LogP contribution < -0.4 is 5.32 Å². The van der Waals surface area contributed by atoms with Gasteiger partial charge in [0.25, 0.3) is 5.91 Å². The predicted octanol–water partition coefficient (Wildman–Crippen LogP) is 1.65. The fourth-order valence-electron chi connectivity index (χ4n) is 1.49. The molecular weight excluding hydrogens is 272 g/mol. The van der Waals surface area contributed by atoms with Crippen molar-refractivity contribution in [2.45, 2.75) is 0 Å². The number of rotatable bonds is 3. The number of H-pyrrole nitrogens is 1. The van der Waals surface area contributed by atoms with Gasteiger partial charge in [-0.25, -0.2) is 0 Å². The van der Waals surface area contributed by atoms with Crippen LogP contribution in [-0.2, 0) is 0 Å². The molecule has 0 spiro atoms. The van der Waals surface area contributed by atoms with Crippen molar-refractivity contribution >= 4 is 32.7 Å². The fraction of sp³-hybridized carbons (Fsp3) is 0.182. The molecule has 0 fully saturated rings. The van der Waals surface area contributed by atoms with E-state index in [0.717, 1.165) is 15.4 Å². The van der Waals surface area contributed by atoms with Crippen LogP contribution in [-0.4, -0.2) is 29.1 Å². The molecule has 1 aromatic carbocycles. The highest BCUT2D eigenvalue weighted by atomic mass is 79.9. The summed E-state index contributed by atoms with van der Waals surface area (Å²) < 4.78 is 0.962. The van der Waals surface area contributed by atoms with Gasteiger partial charge in [-0.2, -0.15) is 0 Å². The van der Waals surface area contributed by atoms with Crippen LogP contribution >= 0.6 is 15.9 Å². The molecule has 1 heterocycles. The maximum atomic E-state index is 11.6. The molecule has 0 aliphatic carbocycles. The first-order chi connectivity index (χ1) is 7.70. The lowest BCUT2D eigenvalue weighted by atomic mass is 10.2. The van der Waals surface area contributed by atoms with Crippen molar-refractivity contribution in [2.75, 3.05) is 13.2 Å². The van der Waals surface area contributed by atoms with Crippen LogP contribution in [0.25, 0.3) is 10.9 Å². The second-order valence-electron chi connectivity index (χ2n) is 3.39. The number of carbonyl (C=O) groups excluding carboxylic acids is 1. The van der Waals surface area contributed by atoms with Crippen LogP contribution in [0.5, 0.6) is 0 Å². The van der Waals surface area contributed by atoms with Crippen molar-refractivity contribution in [1.29, 1.82) is 0 Å². The summed E-state index contributed by atoms with van der Waals surface area (Å²) in [7, 11) is 0. The smallest absolute Gasteiger partial charge is 0.267 e. The number of benzene rings is 1. The molecule has 0 radical (unpaired) electrons. The van der Waals surface area contributed by atoms with E-state index >= 15 is 0 Å². The summed E-state index contributed by atoms with van der Waals surface area (Å²) in [5.74, 6) is -0.207. The van der Waals surface area contributed by atoms with Crippen molar-refractivity contribution in [2.24, 2.45) is 0 Å². The summed E-state index contributed by atoms with van der Waals surface area (Å²) in [6.07, 6.45) is 0. The zero-order valence-electron chi connectivity index (χ0n) is 8.46. The topological polar surface area (TPSA) is 65.1 Å². The van der Waals surface area contributed by atoms with Crippen molar-refractivity contribution in [1.82, 2.24) is 10.3 Å². The summed E-state index contributed by atoms with van der Waals surface area (Å²) in [5.41, 5.74) is 1.41. The SMILES string of the molecule is O=C(NCCO)c1cc2ccc(Br)cc2[nH]1. The minimum absolute atomic E-state index is 0.0580. The average molecular weight is 283 g/mol. The van der Waals surface area contributed by atoms with E-state index in [4.69, 9.17) is 5.11 Å². The molecule has 4 nitrogen and oxygen atoms in total. The van der Waals surface area contributed by atoms with Crippen molar-refractivity contribution < 1.29 is 9.90 Å². The van der Waals surface area contributed by atoms with Crippen molar-refractivity contribution in [3.8, 4) is 0 Å². The Bertz CT molecular complexity index is 522. The molecule has 0 atom stereocenters. The van der Waals surface area contributed by atoms with Crippen LogP contribution in [0.3, 0.4) is 0 Å². The van der Waals surface area contributed by atoms with Gasteiger partial charge in [-0.3, -0.25) is 4.79 Å². The highest BCUT2D eigenvalue weighted by Gasteiger charge is 2.08. The lowest BCUT2D eigenvalue weighted by Crippen LogP contribution is -2.26. The number of aliphatic hydroxyl groups excluding tert-OH is 1. The van der Waals surface area contributed by atoms with Gasteiger partial charge in [-0.1, -0.05) is 22.0 Å². The molecule has 1 aromatic heterocycles. The summed E-state index contributed by atoms with van der Waals surface area (Å²) in [5, 5.41) is 12.2. The molecule has 0 unspecified atom stereocenters. The Morgan fingerprint density at radius 1 is 1.44 bits per heavy atom. The maximum Gasteiger partial charge on any atom is 0.267 e. The van der Waals surface area contributed by atoms with E-state index < -0.39 is 0 Å². The molecule has 5 heteroatoms. The normalized spacial score (nSPS) is 10.6. The third-order valence-electron chi connectivity index (χ3n) is 2.23. The molecular formula is C11H11BrN2O2. The number of nitrogens with one attached hydrogen (secondary N) is 2. The molecule has 84 valence electrons. The van der Waals surface area contributed by atoms with Crippen LogP contribution in [0, 0.1) is 0 Å². The van der Waals surface area contributed by atoms with E-state index in [2.05, 4.69) is 26.2 Å². The number of aliphatic hydroxyl groups is 1. The second-order valence-corrected chi connectivity index (χ2v) is 4.31. The summed E-state index contributed by atoms with van der Waals surface area (Å²) >= 11 is 3.37. The number of amides is 1. The quantitative estimate of drug-likeness (QED) is 0.802. The van der Waals surface area contributed by atoms with E-state index in [-0.39, 0.29) is 19.1 Å². The Balaban J connectivity index is 2.28. The van der Waals surface area contributed by atoms with Crippen LogP contribution in [0.15, 0.2) is 28.7 Å². The molecule has 0 aliphatic heterocycles. The summed E-state index contributed by atoms with van der Waals surface area (Å²) in [6.45, 7) is 0.204. The van der Waals surface area contributed by atoms with E-state index in [1.54, 1.807) is 6.07 Å². The number of fused-ring (bicyclic) bond motifs is 1. The molecule has 2 rings (SSSR count). The highest BCUT2D eigenvalue weighted by Crippen LogP contribution is 2.20. The fourth-order valence-corrected chi connectivity index (χ4v) is 1.85. The van der Waals surface area contributed by atoms with E-state index in [1.807, 2.05) is 18.2 Å². The third-order valence-corrected chi connectivity index (χ3v) is 2.72. The van der Waals surface area contributed by atoms with Crippen LogP contribution in [0.2, 0.25) is 0 Å². The van der Waals surface area contributed by atoms with Crippen LogP contribution in [0.4, 0.5) is 0 Å². The predicted molar refractivity (Wildman–Crippen MR) is 65.4 cm³/mol. The van der Waals surface area contributed by atoms with Gasteiger partial charge in [0.05, 0.1) is 6.61 Å². The lowest BCUT2D eigenvalue weighted by molar-refractivity contribution is 0.0940. The minimum atomic E-state index is -0.207. The highest BCUT2D eigenvalue weighted by molar-refractivity contribution is 9.10. The van der Waals surface area contributed by atoms with Gasteiger partial charge in [-0.05, 0) is 18.2 Å². The Labute approximate surface area is 101 Å². The monoisotopic (exact) mass is 282 g/mol. The Kier molecular flexibility index (Phi) is 3.26. The van der Waals surface area contributed by atoms with Gasteiger partial charge >= 0.3 is 0 Å². The third kappa shape index (κ3) is 2.25. The second kappa shape index (κ2) is 4.67. The first kappa shape index (κ1) is 11.2. The van der Waals surface area contributed by atoms with Gasteiger partial charge in [0.2, 0.25) is 0 Å². The zero-order valence-corrected chi connectivity index (χ0v) is 10.0. The summed E-state index contributed by atoms with van der Waals surface area (Å²) in [6, 6.07) is 7.55. The van der Waals surface area contributed by atoms with Gasteiger partial charge in [0.1, 0.15) is 5.69 Å². The first-order valence-electron chi connectivity index (χ1n) is 4.88. The van der Waals surface area contributed by atoms with E-state index in [9.17, 15) is 4.79 Å². The Morgan fingerprint density at radius 2 is 2.25 bits per heavy atom. The van der Waals surface area contributed by atoms with Gasteiger partial charge < -0.3 is 15.4 Å². The number of aromatic amines is 1. The van der Waals surface area contributed by atoms with Gasteiger partial charge in [-0.15, -0.1) is 0 Å². The maximum absolute atomic E-state index is 11.6.